The van der Waals surface area contributed by atoms with Gasteiger partial charge >= 0.3 is 5.97 Å². The van der Waals surface area contributed by atoms with Crippen molar-refractivity contribution in [1.82, 2.24) is 5.48 Å². The summed E-state index contributed by atoms with van der Waals surface area (Å²) in [7, 11) is 0. The van der Waals surface area contributed by atoms with Crippen LogP contribution < -0.4 is 5.48 Å². The summed E-state index contributed by atoms with van der Waals surface area (Å²) in [6.45, 7) is 4.67. The molecule has 0 saturated carbocycles. The SMILES string of the molecule is CC(C)CONCC(O)CC(=O)O. The van der Waals surface area contributed by atoms with Gasteiger partial charge in [-0.2, -0.15) is 5.48 Å². The van der Waals surface area contributed by atoms with Crippen LogP contribution in [-0.4, -0.2) is 35.4 Å². The Labute approximate surface area is 77.7 Å². The first kappa shape index (κ1) is 12.3. The van der Waals surface area contributed by atoms with Gasteiger partial charge in [0.25, 0.3) is 0 Å². The van der Waals surface area contributed by atoms with Crippen LogP contribution >= 0.6 is 0 Å². The van der Waals surface area contributed by atoms with Crippen molar-refractivity contribution in [3.05, 3.63) is 0 Å². The Bertz CT molecular complexity index is 149. The van der Waals surface area contributed by atoms with Crippen molar-refractivity contribution in [3.63, 3.8) is 0 Å². The van der Waals surface area contributed by atoms with E-state index in [0.29, 0.717) is 12.5 Å². The Balaban J connectivity index is 3.26. The van der Waals surface area contributed by atoms with Crippen molar-refractivity contribution in [3.8, 4) is 0 Å². The molecule has 13 heavy (non-hydrogen) atoms. The molecule has 0 rings (SSSR count). The first-order valence-corrected chi connectivity index (χ1v) is 4.27. The molecule has 0 aliphatic carbocycles. The fraction of sp³-hybridized carbons (Fsp3) is 0.875. The van der Waals surface area contributed by atoms with Gasteiger partial charge in [0, 0.05) is 6.54 Å². The summed E-state index contributed by atoms with van der Waals surface area (Å²) in [5.74, 6) is -0.609. The quantitative estimate of drug-likeness (QED) is 0.390. The van der Waals surface area contributed by atoms with Crippen LogP contribution in [0.5, 0.6) is 0 Å². The second-order valence-electron chi connectivity index (χ2n) is 3.30. The normalized spacial score (nSPS) is 13.2. The Kier molecular flexibility index (Phi) is 6.48. The topological polar surface area (TPSA) is 78.8 Å². The molecule has 1 unspecified atom stereocenters. The van der Waals surface area contributed by atoms with Gasteiger partial charge in [-0.3, -0.25) is 4.79 Å². The van der Waals surface area contributed by atoms with Gasteiger partial charge in [-0.25, -0.2) is 0 Å². The molecule has 0 aromatic heterocycles. The van der Waals surface area contributed by atoms with Crippen molar-refractivity contribution in [2.45, 2.75) is 26.4 Å². The number of hydrogen-bond acceptors (Lipinski definition) is 4. The third-order valence-corrected chi connectivity index (χ3v) is 1.25. The zero-order valence-corrected chi connectivity index (χ0v) is 7.99. The minimum absolute atomic E-state index is 0.138. The molecule has 5 heteroatoms. The average Bonchev–Trinajstić information content (AvgIpc) is 1.96. The maximum absolute atomic E-state index is 10.1. The van der Waals surface area contributed by atoms with Crippen LogP contribution in [0.15, 0.2) is 0 Å². The van der Waals surface area contributed by atoms with Gasteiger partial charge in [-0.15, -0.1) is 0 Å². The lowest BCUT2D eigenvalue weighted by Gasteiger charge is -2.10. The monoisotopic (exact) mass is 191 g/mol. The molecule has 0 saturated heterocycles. The molecule has 0 amide bonds. The predicted octanol–water partition coefficient (Wildman–Crippen LogP) is -0.000800. The van der Waals surface area contributed by atoms with E-state index in [1.54, 1.807) is 0 Å². The third kappa shape index (κ3) is 9.26. The highest BCUT2D eigenvalue weighted by molar-refractivity contribution is 5.67. The fourth-order valence-electron chi connectivity index (χ4n) is 0.654. The van der Waals surface area contributed by atoms with Crippen LogP contribution in [0.25, 0.3) is 0 Å². The van der Waals surface area contributed by atoms with Crippen molar-refractivity contribution < 1.29 is 19.8 Å². The van der Waals surface area contributed by atoms with E-state index in [1.165, 1.54) is 0 Å². The summed E-state index contributed by atoms with van der Waals surface area (Å²) in [4.78, 5) is 15.1. The molecule has 0 aliphatic rings. The molecule has 0 aliphatic heterocycles. The van der Waals surface area contributed by atoms with Crippen LogP contribution in [0.1, 0.15) is 20.3 Å². The Morgan fingerprint density at radius 2 is 2.15 bits per heavy atom. The van der Waals surface area contributed by atoms with Crippen LogP contribution in [0.3, 0.4) is 0 Å². The molecule has 1 atom stereocenters. The molecule has 78 valence electrons. The molecule has 0 bridgehead atoms. The van der Waals surface area contributed by atoms with Crippen LogP contribution in [0.4, 0.5) is 0 Å². The smallest absolute Gasteiger partial charge is 0.306 e. The third-order valence-electron chi connectivity index (χ3n) is 1.25. The lowest BCUT2D eigenvalue weighted by atomic mass is 10.2. The number of carboxylic acid groups (broad SMARTS) is 1. The molecular formula is C8H17NO4. The van der Waals surface area contributed by atoms with Crippen LogP contribution in [-0.2, 0) is 9.63 Å². The predicted molar refractivity (Wildman–Crippen MR) is 47.1 cm³/mol. The molecule has 0 spiro atoms. The number of rotatable bonds is 7. The van der Waals surface area contributed by atoms with Gasteiger partial charge in [-0.1, -0.05) is 13.8 Å². The maximum atomic E-state index is 10.1. The van der Waals surface area contributed by atoms with E-state index in [1.807, 2.05) is 13.8 Å². The standard InChI is InChI=1S/C8H17NO4/c1-6(2)5-13-9-4-7(10)3-8(11)12/h6-7,9-10H,3-5H2,1-2H3,(H,11,12). The first-order chi connectivity index (χ1) is 6.02. The van der Waals surface area contributed by atoms with Crippen molar-refractivity contribution in [2.75, 3.05) is 13.2 Å². The fourth-order valence-corrected chi connectivity index (χ4v) is 0.654. The summed E-state index contributed by atoms with van der Waals surface area (Å²) in [5.41, 5.74) is 2.51. The molecule has 3 N–H and O–H groups in total. The van der Waals surface area contributed by atoms with E-state index in [-0.39, 0.29) is 13.0 Å². The number of hydroxylamine groups is 1. The van der Waals surface area contributed by atoms with Gasteiger partial charge in [-0.05, 0) is 5.92 Å². The number of carboxylic acids is 1. The number of aliphatic hydroxyl groups is 1. The Hall–Kier alpha value is -0.650. The van der Waals surface area contributed by atoms with E-state index in [9.17, 15) is 4.79 Å². The van der Waals surface area contributed by atoms with Crippen LogP contribution in [0.2, 0.25) is 0 Å². The Morgan fingerprint density at radius 3 is 2.62 bits per heavy atom. The molecule has 0 aromatic rings. The summed E-state index contributed by atoms with van der Waals surface area (Å²) < 4.78 is 0. The largest absolute Gasteiger partial charge is 0.481 e. The average molecular weight is 191 g/mol. The van der Waals surface area contributed by atoms with E-state index >= 15 is 0 Å². The summed E-state index contributed by atoms with van der Waals surface area (Å²) in [5, 5.41) is 17.4. The zero-order chi connectivity index (χ0) is 10.3. The summed E-state index contributed by atoms with van der Waals surface area (Å²) in [6.07, 6.45) is -1.16. The lowest BCUT2D eigenvalue weighted by molar-refractivity contribution is -0.139. The zero-order valence-electron chi connectivity index (χ0n) is 7.99. The van der Waals surface area contributed by atoms with Crippen molar-refractivity contribution >= 4 is 5.97 Å². The van der Waals surface area contributed by atoms with E-state index < -0.39 is 12.1 Å². The van der Waals surface area contributed by atoms with E-state index in [0.717, 1.165) is 0 Å². The maximum Gasteiger partial charge on any atom is 0.306 e. The van der Waals surface area contributed by atoms with Gasteiger partial charge in [0.15, 0.2) is 0 Å². The first-order valence-electron chi connectivity index (χ1n) is 4.27. The number of nitrogens with one attached hydrogen (secondary N) is 1. The van der Waals surface area contributed by atoms with E-state index in [2.05, 4.69) is 5.48 Å². The van der Waals surface area contributed by atoms with E-state index in [4.69, 9.17) is 15.1 Å². The molecule has 5 nitrogen and oxygen atoms in total. The molecular weight excluding hydrogens is 174 g/mol. The van der Waals surface area contributed by atoms with Crippen LogP contribution in [0, 0.1) is 5.92 Å². The number of aliphatic carboxylic acids is 1. The van der Waals surface area contributed by atoms with Crippen molar-refractivity contribution in [2.24, 2.45) is 5.92 Å². The van der Waals surface area contributed by atoms with Gasteiger partial charge < -0.3 is 15.1 Å². The Morgan fingerprint density at radius 1 is 1.54 bits per heavy atom. The minimum atomic E-state index is -1.02. The number of aliphatic hydroxyl groups excluding tert-OH is 1. The molecule has 0 aromatic carbocycles. The number of carbonyl (C=O) groups is 1. The summed E-state index contributed by atoms with van der Waals surface area (Å²) in [6, 6.07) is 0. The highest BCUT2D eigenvalue weighted by atomic mass is 16.6. The minimum Gasteiger partial charge on any atom is -0.481 e. The highest BCUT2D eigenvalue weighted by Gasteiger charge is 2.08. The highest BCUT2D eigenvalue weighted by Crippen LogP contribution is 1.92. The molecule has 0 fully saturated rings. The molecule has 0 heterocycles. The van der Waals surface area contributed by atoms with Crippen molar-refractivity contribution in [1.29, 1.82) is 0 Å². The number of hydrogen-bond donors (Lipinski definition) is 3. The van der Waals surface area contributed by atoms with Gasteiger partial charge in [0.2, 0.25) is 0 Å². The second kappa shape index (κ2) is 6.82. The molecule has 0 radical (unpaired) electrons. The lowest BCUT2D eigenvalue weighted by Crippen LogP contribution is -2.29. The van der Waals surface area contributed by atoms with Gasteiger partial charge in [0.05, 0.1) is 19.1 Å². The second-order valence-corrected chi connectivity index (χ2v) is 3.30. The summed E-state index contributed by atoms with van der Waals surface area (Å²) >= 11 is 0. The van der Waals surface area contributed by atoms with Gasteiger partial charge in [0.1, 0.15) is 0 Å².